The Labute approximate surface area is 167 Å². The van der Waals surface area contributed by atoms with E-state index in [-0.39, 0.29) is 23.6 Å². The molecule has 0 fully saturated rings. The van der Waals surface area contributed by atoms with E-state index in [9.17, 15) is 19.7 Å². The van der Waals surface area contributed by atoms with Crippen LogP contribution in [-0.2, 0) is 11.2 Å². The van der Waals surface area contributed by atoms with E-state index >= 15 is 0 Å². The number of anilines is 1. The summed E-state index contributed by atoms with van der Waals surface area (Å²) in [6.07, 6.45) is -0.0818. The van der Waals surface area contributed by atoms with E-state index < -0.39 is 22.3 Å². The minimum atomic E-state index is -0.514. The zero-order valence-electron chi connectivity index (χ0n) is 16.3. The first-order valence-corrected chi connectivity index (χ1v) is 9.01. The third kappa shape index (κ3) is 4.78. The zero-order valence-corrected chi connectivity index (χ0v) is 16.3. The fourth-order valence-electron chi connectivity index (χ4n) is 2.88. The number of carbonyl (C=O) groups is 2. The van der Waals surface area contributed by atoms with Gasteiger partial charge in [0.15, 0.2) is 0 Å². The van der Waals surface area contributed by atoms with E-state index in [0.29, 0.717) is 16.5 Å². The number of nitro groups is 1. The van der Waals surface area contributed by atoms with Gasteiger partial charge in [0.25, 0.3) is 11.6 Å². The van der Waals surface area contributed by atoms with Crippen LogP contribution in [0.2, 0.25) is 0 Å². The van der Waals surface area contributed by atoms with Crippen molar-refractivity contribution in [2.24, 2.45) is 0 Å². The Morgan fingerprint density at radius 1 is 1.10 bits per heavy atom. The first-order chi connectivity index (χ1) is 13.6. The van der Waals surface area contributed by atoms with E-state index in [1.807, 2.05) is 20.8 Å². The molecule has 2 amide bonds. The highest BCUT2D eigenvalue weighted by molar-refractivity contribution is 6.11. The van der Waals surface area contributed by atoms with Crippen LogP contribution in [0.4, 0.5) is 11.4 Å². The number of furan rings is 1. The molecule has 3 aromatic rings. The summed E-state index contributed by atoms with van der Waals surface area (Å²) in [5.41, 5.74) is 0.662. The number of nitrogens with zero attached hydrogens (tertiary/aromatic N) is 1. The Kier molecular flexibility index (Phi) is 5.36. The predicted molar refractivity (Wildman–Crippen MR) is 109 cm³/mol. The van der Waals surface area contributed by atoms with Gasteiger partial charge in [-0.3, -0.25) is 19.7 Å². The van der Waals surface area contributed by atoms with Crippen molar-refractivity contribution in [2.75, 3.05) is 5.32 Å². The minimum absolute atomic E-state index is 0.00789. The van der Waals surface area contributed by atoms with Gasteiger partial charge in [-0.25, -0.2) is 0 Å². The number of nitrogens with one attached hydrogen (secondary N) is 2. The van der Waals surface area contributed by atoms with Crippen LogP contribution in [0.15, 0.2) is 52.9 Å². The summed E-state index contributed by atoms with van der Waals surface area (Å²) < 4.78 is 5.69. The molecule has 0 aliphatic carbocycles. The van der Waals surface area contributed by atoms with Crippen molar-refractivity contribution in [3.63, 3.8) is 0 Å². The van der Waals surface area contributed by atoms with Gasteiger partial charge in [-0.15, -0.1) is 0 Å². The van der Waals surface area contributed by atoms with E-state index in [1.54, 1.807) is 30.3 Å². The van der Waals surface area contributed by atoms with Gasteiger partial charge in [0.05, 0.1) is 11.3 Å². The first-order valence-electron chi connectivity index (χ1n) is 9.01. The van der Waals surface area contributed by atoms with E-state index in [4.69, 9.17) is 4.42 Å². The normalized spacial score (nSPS) is 11.3. The maximum atomic E-state index is 12.7. The molecule has 2 aromatic carbocycles. The Balaban J connectivity index is 1.89. The number of benzene rings is 2. The lowest BCUT2D eigenvalue weighted by molar-refractivity contribution is -0.384. The Morgan fingerprint density at radius 2 is 1.83 bits per heavy atom. The second-order valence-electron chi connectivity index (χ2n) is 7.66. The van der Waals surface area contributed by atoms with E-state index in [1.165, 1.54) is 18.2 Å². The van der Waals surface area contributed by atoms with Gasteiger partial charge in [-0.2, -0.15) is 0 Å². The van der Waals surface area contributed by atoms with Crippen molar-refractivity contribution in [3.8, 4) is 0 Å². The SMILES string of the molecule is CC(C)(C)NC(=O)c1oc2ccccc2c1NC(=O)Cc1cccc([N+](=O)[O-])c1. The maximum Gasteiger partial charge on any atom is 0.289 e. The molecule has 0 saturated heterocycles. The molecule has 3 rings (SSSR count). The summed E-state index contributed by atoms with van der Waals surface area (Å²) in [5, 5.41) is 17.1. The maximum absolute atomic E-state index is 12.7. The average molecular weight is 395 g/mol. The number of rotatable bonds is 5. The molecule has 8 heteroatoms. The molecule has 1 heterocycles. The van der Waals surface area contributed by atoms with Crippen molar-refractivity contribution < 1.29 is 18.9 Å². The highest BCUT2D eigenvalue weighted by atomic mass is 16.6. The van der Waals surface area contributed by atoms with Crippen molar-refractivity contribution in [1.82, 2.24) is 5.32 Å². The quantitative estimate of drug-likeness (QED) is 0.500. The molecular formula is C21H21N3O5. The summed E-state index contributed by atoms with van der Waals surface area (Å²) >= 11 is 0. The highest BCUT2D eigenvalue weighted by Gasteiger charge is 2.25. The summed E-state index contributed by atoms with van der Waals surface area (Å²) in [6, 6.07) is 12.9. The van der Waals surface area contributed by atoms with Crippen molar-refractivity contribution in [3.05, 3.63) is 70.0 Å². The van der Waals surface area contributed by atoms with Gasteiger partial charge in [0.2, 0.25) is 11.7 Å². The second-order valence-corrected chi connectivity index (χ2v) is 7.66. The molecule has 0 bridgehead atoms. The average Bonchev–Trinajstić information content (AvgIpc) is 2.99. The minimum Gasteiger partial charge on any atom is -0.449 e. The number of non-ortho nitro benzene ring substituents is 1. The molecule has 29 heavy (non-hydrogen) atoms. The standard InChI is InChI=1S/C21H21N3O5/c1-21(2,3)23-20(26)19-18(15-9-4-5-10-16(15)29-19)22-17(25)12-13-7-6-8-14(11-13)24(27)28/h4-11H,12H2,1-3H3,(H,22,25)(H,23,26). The number of nitro benzene ring substituents is 1. The first kappa shape index (κ1) is 20.1. The topological polar surface area (TPSA) is 114 Å². The van der Waals surface area contributed by atoms with E-state index in [2.05, 4.69) is 10.6 Å². The van der Waals surface area contributed by atoms with Crippen LogP contribution in [-0.4, -0.2) is 22.3 Å². The smallest absolute Gasteiger partial charge is 0.289 e. The van der Waals surface area contributed by atoms with Gasteiger partial charge in [-0.05, 0) is 38.5 Å². The molecule has 0 aliphatic heterocycles. The summed E-state index contributed by atoms with van der Waals surface area (Å²) in [4.78, 5) is 35.7. The summed E-state index contributed by atoms with van der Waals surface area (Å²) in [6.45, 7) is 5.52. The van der Waals surface area contributed by atoms with Gasteiger partial charge in [0, 0.05) is 23.1 Å². The van der Waals surface area contributed by atoms with Gasteiger partial charge in [0.1, 0.15) is 11.3 Å². The predicted octanol–water partition coefficient (Wildman–Crippen LogP) is 4.05. The van der Waals surface area contributed by atoms with Crippen LogP contribution in [0.3, 0.4) is 0 Å². The fourth-order valence-corrected chi connectivity index (χ4v) is 2.88. The molecule has 0 saturated carbocycles. The Hall–Kier alpha value is -3.68. The van der Waals surface area contributed by atoms with Gasteiger partial charge in [-0.1, -0.05) is 24.3 Å². The number of carbonyl (C=O) groups excluding carboxylic acids is 2. The molecule has 150 valence electrons. The molecule has 0 atom stereocenters. The van der Waals surface area contributed by atoms with Crippen LogP contribution in [0, 0.1) is 10.1 Å². The summed E-state index contributed by atoms with van der Waals surface area (Å²) in [7, 11) is 0. The lowest BCUT2D eigenvalue weighted by atomic mass is 10.1. The Bertz CT molecular complexity index is 1100. The number of fused-ring (bicyclic) bond motifs is 1. The molecule has 0 aliphatic rings. The lowest BCUT2D eigenvalue weighted by Crippen LogP contribution is -2.40. The highest BCUT2D eigenvalue weighted by Crippen LogP contribution is 2.31. The van der Waals surface area contributed by atoms with Crippen LogP contribution < -0.4 is 10.6 Å². The second kappa shape index (κ2) is 7.75. The molecule has 0 spiro atoms. The third-order valence-electron chi connectivity index (χ3n) is 4.04. The van der Waals surface area contributed by atoms with Crippen LogP contribution >= 0.6 is 0 Å². The van der Waals surface area contributed by atoms with Gasteiger partial charge >= 0.3 is 0 Å². The van der Waals surface area contributed by atoms with Crippen LogP contribution in [0.5, 0.6) is 0 Å². The molecule has 8 nitrogen and oxygen atoms in total. The van der Waals surface area contributed by atoms with Crippen molar-refractivity contribution in [1.29, 1.82) is 0 Å². The molecule has 0 unspecified atom stereocenters. The van der Waals surface area contributed by atoms with Crippen molar-refractivity contribution >= 4 is 34.2 Å². The number of hydrogen-bond donors (Lipinski definition) is 2. The fraction of sp³-hybridized carbons (Fsp3) is 0.238. The zero-order chi connectivity index (χ0) is 21.2. The van der Waals surface area contributed by atoms with Gasteiger partial charge < -0.3 is 15.1 Å². The van der Waals surface area contributed by atoms with Crippen LogP contribution in [0.25, 0.3) is 11.0 Å². The van der Waals surface area contributed by atoms with Crippen molar-refractivity contribution in [2.45, 2.75) is 32.7 Å². The Morgan fingerprint density at radius 3 is 2.52 bits per heavy atom. The number of para-hydroxylation sites is 1. The number of hydrogen-bond acceptors (Lipinski definition) is 5. The van der Waals surface area contributed by atoms with E-state index in [0.717, 1.165) is 0 Å². The lowest BCUT2D eigenvalue weighted by Gasteiger charge is -2.20. The third-order valence-corrected chi connectivity index (χ3v) is 4.04. The molecule has 2 N–H and O–H groups in total. The largest absolute Gasteiger partial charge is 0.449 e. The summed E-state index contributed by atoms with van der Waals surface area (Å²) in [5.74, 6) is -0.852. The molecule has 0 radical (unpaired) electrons. The van der Waals surface area contributed by atoms with Crippen LogP contribution in [0.1, 0.15) is 36.9 Å². The number of amides is 2. The monoisotopic (exact) mass is 395 g/mol. The molecule has 1 aromatic heterocycles. The molecular weight excluding hydrogens is 374 g/mol.